The third-order valence-corrected chi connectivity index (χ3v) is 5.66. The summed E-state index contributed by atoms with van der Waals surface area (Å²) in [6.07, 6.45) is 0.188. The lowest BCUT2D eigenvalue weighted by Gasteiger charge is -2.44. The second-order valence-corrected chi connectivity index (χ2v) is 8.79. The van der Waals surface area contributed by atoms with Crippen LogP contribution in [0.15, 0.2) is 72.8 Å². The van der Waals surface area contributed by atoms with Crippen molar-refractivity contribution in [1.82, 2.24) is 0 Å². The molecule has 1 amide bonds. The van der Waals surface area contributed by atoms with Crippen molar-refractivity contribution >= 4 is 11.8 Å². The lowest BCUT2D eigenvalue weighted by Crippen LogP contribution is -2.50. The van der Waals surface area contributed by atoms with E-state index in [1.54, 1.807) is 38.1 Å². The van der Waals surface area contributed by atoms with Crippen LogP contribution >= 0.6 is 0 Å². The Kier molecular flexibility index (Phi) is 5.73. The van der Waals surface area contributed by atoms with Crippen molar-refractivity contribution in [2.45, 2.75) is 37.9 Å². The lowest BCUT2D eigenvalue weighted by molar-refractivity contribution is -0.0697. The van der Waals surface area contributed by atoms with Gasteiger partial charge >= 0.3 is 6.09 Å². The second kappa shape index (κ2) is 8.36. The summed E-state index contributed by atoms with van der Waals surface area (Å²) in [5.41, 5.74) is 0.174. The highest BCUT2D eigenvalue weighted by molar-refractivity contribution is 5.90. The quantitative estimate of drug-likeness (QED) is 0.530. The highest BCUT2D eigenvalue weighted by atomic mass is 19.1. The molecule has 0 aliphatic carbocycles. The molecule has 1 aliphatic heterocycles. The van der Waals surface area contributed by atoms with E-state index in [-0.39, 0.29) is 12.0 Å². The SMILES string of the molecule is CC(C)(O)CC1(c2ccccc2)CCN(c2cccc(-c3ccc(F)cc3F)c2)C(=O)O1. The predicted octanol–water partition coefficient (Wildman–Crippen LogP) is 6.04. The maximum Gasteiger partial charge on any atom is 0.415 e. The minimum atomic E-state index is -1.04. The standard InChI is InChI=1S/C26H25F2NO3/c1-25(2,31)17-26(19-8-4-3-5-9-19)13-14-29(24(30)32-26)21-10-6-7-18(15-21)22-12-11-20(27)16-23(22)28/h3-12,15-16,31H,13-14,17H2,1-2H3. The van der Waals surface area contributed by atoms with Crippen LogP contribution in [0.25, 0.3) is 11.1 Å². The molecule has 1 aliphatic rings. The number of carbonyl (C=O) groups is 1. The highest BCUT2D eigenvalue weighted by Gasteiger charge is 2.45. The van der Waals surface area contributed by atoms with Crippen LogP contribution in [0.2, 0.25) is 0 Å². The van der Waals surface area contributed by atoms with Crippen molar-refractivity contribution in [1.29, 1.82) is 0 Å². The van der Waals surface area contributed by atoms with Crippen LogP contribution in [-0.4, -0.2) is 23.3 Å². The van der Waals surface area contributed by atoms with Gasteiger partial charge in [0.15, 0.2) is 0 Å². The number of hydrogen-bond acceptors (Lipinski definition) is 3. The average molecular weight is 437 g/mol. The molecule has 1 atom stereocenters. The van der Waals surface area contributed by atoms with E-state index < -0.39 is 28.9 Å². The van der Waals surface area contributed by atoms with E-state index in [0.717, 1.165) is 11.6 Å². The lowest BCUT2D eigenvalue weighted by atomic mass is 9.80. The van der Waals surface area contributed by atoms with Crippen LogP contribution < -0.4 is 4.90 Å². The minimum absolute atomic E-state index is 0.249. The number of amides is 1. The van der Waals surface area contributed by atoms with Crippen molar-refractivity contribution in [3.63, 3.8) is 0 Å². The Hall–Kier alpha value is -3.25. The van der Waals surface area contributed by atoms with E-state index in [9.17, 15) is 18.7 Å². The van der Waals surface area contributed by atoms with Gasteiger partial charge in [0.1, 0.15) is 17.2 Å². The summed E-state index contributed by atoms with van der Waals surface area (Å²) in [6, 6.07) is 19.7. The van der Waals surface area contributed by atoms with Crippen LogP contribution in [0.3, 0.4) is 0 Å². The normalized spacial score (nSPS) is 19.0. The maximum atomic E-state index is 14.3. The number of halogens is 2. The van der Waals surface area contributed by atoms with Gasteiger partial charge in [0.2, 0.25) is 0 Å². The van der Waals surface area contributed by atoms with E-state index >= 15 is 0 Å². The molecule has 4 rings (SSSR count). The molecule has 1 heterocycles. The molecule has 1 N–H and O–H groups in total. The first-order chi connectivity index (χ1) is 15.2. The fourth-order valence-corrected chi connectivity index (χ4v) is 4.33. The smallest absolute Gasteiger partial charge is 0.415 e. The summed E-state index contributed by atoms with van der Waals surface area (Å²) in [7, 11) is 0. The monoisotopic (exact) mass is 437 g/mol. The molecule has 4 nitrogen and oxygen atoms in total. The van der Waals surface area contributed by atoms with Gasteiger partial charge in [-0.2, -0.15) is 0 Å². The number of aliphatic hydroxyl groups is 1. The number of cyclic esters (lactones) is 1. The summed E-state index contributed by atoms with van der Waals surface area (Å²) in [4.78, 5) is 14.6. The topological polar surface area (TPSA) is 49.8 Å². The van der Waals surface area contributed by atoms with Crippen LogP contribution in [0, 0.1) is 11.6 Å². The zero-order valence-electron chi connectivity index (χ0n) is 18.0. The molecule has 6 heteroatoms. The minimum Gasteiger partial charge on any atom is -0.437 e. The van der Waals surface area contributed by atoms with Gasteiger partial charge in [-0.05, 0) is 49.2 Å². The molecule has 166 valence electrons. The van der Waals surface area contributed by atoms with E-state index in [1.807, 2.05) is 30.3 Å². The van der Waals surface area contributed by atoms with Gasteiger partial charge in [-0.25, -0.2) is 13.6 Å². The molecule has 1 fully saturated rings. The third kappa shape index (κ3) is 4.50. The Balaban J connectivity index is 1.64. The molecular weight excluding hydrogens is 412 g/mol. The molecule has 0 bridgehead atoms. The van der Waals surface area contributed by atoms with E-state index in [2.05, 4.69) is 0 Å². The molecule has 1 saturated heterocycles. The fraction of sp³-hybridized carbons (Fsp3) is 0.269. The predicted molar refractivity (Wildman–Crippen MR) is 119 cm³/mol. The molecule has 1 unspecified atom stereocenters. The Bertz CT molecular complexity index is 1130. The zero-order valence-corrected chi connectivity index (χ0v) is 18.0. The van der Waals surface area contributed by atoms with Gasteiger partial charge in [0, 0.05) is 36.7 Å². The van der Waals surface area contributed by atoms with Crippen molar-refractivity contribution in [2.24, 2.45) is 0 Å². The molecule has 0 spiro atoms. The second-order valence-electron chi connectivity index (χ2n) is 8.79. The zero-order chi connectivity index (χ0) is 22.9. The third-order valence-electron chi connectivity index (χ3n) is 5.66. The van der Waals surface area contributed by atoms with Gasteiger partial charge in [-0.1, -0.05) is 42.5 Å². The Labute approximate surface area is 186 Å². The molecule has 0 saturated carbocycles. The van der Waals surface area contributed by atoms with Gasteiger partial charge in [0.25, 0.3) is 0 Å². The van der Waals surface area contributed by atoms with Gasteiger partial charge in [-0.3, -0.25) is 4.90 Å². The summed E-state index contributed by atoms with van der Waals surface area (Å²) in [5, 5.41) is 10.5. The average Bonchev–Trinajstić information content (AvgIpc) is 2.73. The van der Waals surface area contributed by atoms with Gasteiger partial charge < -0.3 is 9.84 Å². The first-order valence-electron chi connectivity index (χ1n) is 10.5. The van der Waals surface area contributed by atoms with Gasteiger partial charge in [0.05, 0.1) is 5.60 Å². The molecule has 32 heavy (non-hydrogen) atoms. The number of ether oxygens (including phenoxy) is 1. The van der Waals surface area contributed by atoms with Gasteiger partial charge in [-0.15, -0.1) is 0 Å². The Morgan fingerprint density at radius 2 is 1.78 bits per heavy atom. The van der Waals surface area contributed by atoms with E-state index in [1.165, 1.54) is 17.0 Å². The van der Waals surface area contributed by atoms with Crippen molar-refractivity contribution < 1.29 is 23.4 Å². The van der Waals surface area contributed by atoms with Crippen LogP contribution in [0.5, 0.6) is 0 Å². The number of nitrogens with zero attached hydrogens (tertiary/aromatic N) is 1. The Morgan fingerprint density at radius 3 is 2.44 bits per heavy atom. The number of hydrogen-bond donors (Lipinski definition) is 1. The van der Waals surface area contributed by atoms with Crippen LogP contribution in [0.1, 0.15) is 32.3 Å². The highest BCUT2D eigenvalue weighted by Crippen LogP contribution is 2.42. The van der Waals surface area contributed by atoms with E-state index in [0.29, 0.717) is 24.2 Å². The molecule has 0 aromatic heterocycles. The number of benzene rings is 3. The van der Waals surface area contributed by atoms with Crippen molar-refractivity contribution in [3.05, 3.63) is 90.0 Å². The van der Waals surface area contributed by atoms with Crippen molar-refractivity contribution in [2.75, 3.05) is 11.4 Å². The van der Waals surface area contributed by atoms with Crippen molar-refractivity contribution in [3.8, 4) is 11.1 Å². The summed E-state index contributed by atoms with van der Waals surface area (Å²) < 4.78 is 33.5. The number of anilines is 1. The summed E-state index contributed by atoms with van der Waals surface area (Å²) in [6.45, 7) is 3.75. The first-order valence-corrected chi connectivity index (χ1v) is 10.5. The maximum absolute atomic E-state index is 14.3. The molecule has 3 aromatic carbocycles. The number of rotatable bonds is 5. The molecule has 0 radical (unpaired) electrons. The number of carbonyl (C=O) groups excluding carboxylic acids is 1. The summed E-state index contributed by atoms with van der Waals surface area (Å²) >= 11 is 0. The molecular formula is C26H25F2NO3. The largest absolute Gasteiger partial charge is 0.437 e. The summed E-state index contributed by atoms with van der Waals surface area (Å²) in [5.74, 6) is -1.32. The van der Waals surface area contributed by atoms with Crippen LogP contribution in [-0.2, 0) is 10.3 Å². The molecule has 3 aromatic rings. The Morgan fingerprint density at radius 1 is 1.03 bits per heavy atom. The van der Waals surface area contributed by atoms with E-state index in [4.69, 9.17) is 4.74 Å². The first kappa shape index (κ1) is 22.0. The van der Waals surface area contributed by atoms with Crippen LogP contribution in [0.4, 0.5) is 19.3 Å². The fourth-order valence-electron chi connectivity index (χ4n) is 4.33.